The minimum atomic E-state index is -0.359. The summed E-state index contributed by atoms with van der Waals surface area (Å²) in [5.41, 5.74) is 1.22. The summed E-state index contributed by atoms with van der Waals surface area (Å²) >= 11 is 0. The van der Waals surface area contributed by atoms with Crippen LogP contribution in [0.25, 0.3) is 11.1 Å². The van der Waals surface area contributed by atoms with Gasteiger partial charge in [-0.05, 0) is 18.2 Å². The zero-order valence-corrected chi connectivity index (χ0v) is 10.2. The van der Waals surface area contributed by atoms with Crippen molar-refractivity contribution in [1.29, 1.82) is 5.26 Å². The molecular weight excluding hydrogens is 247 g/mol. The Morgan fingerprint density at radius 3 is 2.74 bits per heavy atom. The minimum absolute atomic E-state index is 0.128. The molecule has 0 spiro atoms. The monoisotopic (exact) mass is 258 g/mol. The standard InChI is InChI=1S/C13H11FN4O/c1-19-12-3-2-10(14)6-11(12)9-7-17-13(18-8-9)16-5-4-15/h2-3,6-8H,5H2,1H3,(H,16,17,18). The van der Waals surface area contributed by atoms with Gasteiger partial charge in [0.15, 0.2) is 0 Å². The van der Waals surface area contributed by atoms with Crippen LogP contribution in [-0.4, -0.2) is 23.6 Å². The molecule has 0 aliphatic carbocycles. The van der Waals surface area contributed by atoms with Gasteiger partial charge < -0.3 is 10.1 Å². The molecular formula is C13H11FN4O. The third-order valence-corrected chi connectivity index (χ3v) is 2.45. The topological polar surface area (TPSA) is 70.8 Å². The van der Waals surface area contributed by atoms with Gasteiger partial charge in [-0.2, -0.15) is 5.26 Å². The Bertz CT molecular complexity index is 607. The molecule has 1 aromatic carbocycles. The molecule has 5 nitrogen and oxygen atoms in total. The van der Waals surface area contributed by atoms with Crippen molar-refractivity contribution >= 4 is 5.95 Å². The largest absolute Gasteiger partial charge is 0.496 e. The molecule has 2 rings (SSSR count). The van der Waals surface area contributed by atoms with E-state index in [1.165, 1.54) is 19.2 Å². The summed E-state index contributed by atoms with van der Waals surface area (Å²) in [6.07, 6.45) is 3.09. The smallest absolute Gasteiger partial charge is 0.223 e. The van der Waals surface area contributed by atoms with Crippen molar-refractivity contribution in [3.63, 3.8) is 0 Å². The molecule has 0 saturated heterocycles. The van der Waals surface area contributed by atoms with Crippen LogP contribution >= 0.6 is 0 Å². The SMILES string of the molecule is COc1ccc(F)cc1-c1cnc(NCC#N)nc1. The highest BCUT2D eigenvalue weighted by molar-refractivity contribution is 5.69. The maximum Gasteiger partial charge on any atom is 0.223 e. The Morgan fingerprint density at radius 1 is 1.37 bits per heavy atom. The highest BCUT2D eigenvalue weighted by Crippen LogP contribution is 2.29. The van der Waals surface area contributed by atoms with Gasteiger partial charge in [-0.25, -0.2) is 14.4 Å². The van der Waals surface area contributed by atoms with Crippen molar-refractivity contribution in [3.05, 3.63) is 36.4 Å². The van der Waals surface area contributed by atoms with Gasteiger partial charge in [-0.3, -0.25) is 0 Å². The first-order valence-corrected chi connectivity index (χ1v) is 5.51. The molecule has 0 unspecified atom stereocenters. The number of benzene rings is 1. The lowest BCUT2D eigenvalue weighted by Gasteiger charge is -2.08. The van der Waals surface area contributed by atoms with E-state index >= 15 is 0 Å². The van der Waals surface area contributed by atoms with Crippen molar-refractivity contribution in [1.82, 2.24) is 9.97 Å². The first-order chi connectivity index (χ1) is 9.24. The molecule has 0 radical (unpaired) electrons. The Morgan fingerprint density at radius 2 is 2.11 bits per heavy atom. The Kier molecular flexibility index (Phi) is 3.88. The molecule has 0 aliphatic heterocycles. The number of methoxy groups -OCH3 is 1. The predicted octanol–water partition coefficient (Wildman–Crippen LogP) is 2.23. The first-order valence-electron chi connectivity index (χ1n) is 5.51. The molecule has 0 atom stereocenters. The van der Waals surface area contributed by atoms with Crippen LogP contribution in [0.3, 0.4) is 0 Å². The van der Waals surface area contributed by atoms with Crippen molar-refractivity contribution in [2.75, 3.05) is 19.0 Å². The van der Waals surface area contributed by atoms with Crippen LogP contribution in [0, 0.1) is 17.1 Å². The van der Waals surface area contributed by atoms with Crippen molar-refractivity contribution in [2.45, 2.75) is 0 Å². The molecule has 2 aromatic rings. The molecule has 0 amide bonds. The number of ether oxygens (including phenoxy) is 1. The molecule has 19 heavy (non-hydrogen) atoms. The van der Waals surface area contributed by atoms with Crippen LogP contribution in [0.1, 0.15) is 0 Å². The lowest BCUT2D eigenvalue weighted by atomic mass is 10.1. The van der Waals surface area contributed by atoms with Gasteiger partial charge in [0.1, 0.15) is 18.1 Å². The summed E-state index contributed by atoms with van der Waals surface area (Å²) in [6, 6.07) is 6.16. The van der Waals surface area contributed by atoms with Crippen LogP contribution in [0.2, 0.25) is 0 Å². The summed E-state index contributed by atoms with van der Waals surface area (Å²) in [5, 5.41) is 11.2. The Labute approximate surface area is 109 Å². The fourth-order valence-corrected chi connectivity index (χ4v) is 1.58. The number of nitrogens with zero attached hydrogens (tertiary/aromatic N) is 3. The summed E-state index contributed by atoms with van der Waals surface area (Å²) in [7, 11) is 1.51. The van der Waals surface area contributed by atoms with Crippen molar-refractivity contribution in [2.24, 2.45) is 0 Å². The van der Waals surface area contributed by atoms with Crippen molar-refractivity contribution in [3.8, 4) is 22.9 Å². The lowest BCUT2D eigenvalue weighted by Crippen LogP contribution is -2.02. The average Bonchev–Trinajstić information content (AvgIpc) is 2.45. The Hall–Kier alpha value is -2.68. The van der Waals surface area contributed by atoms with Crippen LogP contribution in [0.4, 0.5) is 10.3 Å². The third kappa shape index (κ3) is 2.96. The van der Waals surface area contributed by atoms with Gasteiger partial charge in [0, 0.05) is 23.5 Å². The van der Waals surface area contributed by atoms with E-state index in [2.05, 4.69) is 15.3 Å². The summed E-state index contributed by atoms with van der Waals surface area (Å²) < 4.78 is 18.4. The summed E-state index contributed by atoms with van der Waals surface area (Å²) in [6.45, 7) is 0.128. The predicted molar refractivity (Wildman–Crippen MR) is 68.1 cm³/mol. The van der Waals surface area contributed by atoms with E-state index in [-0.39, 0.29) is 12.4 Å². The fourth-order valence-electron chi connectivity index (χ4n) is 1.58. The van der Waals surface area contributed by atoms with Gasteiger partial charge in [0.25, 0.3) is 0 Å². The molecule has 0 fully saturated rings. The highest BCUT2D eigenvalue weighted by atomic mass is 19.1. The van der Waals surface area contributed by atoms with E-state index in [9.17, 15) is 4.39 Å². The Balaban J connectivity index is 2.32. The third-order valence-electron chi connectivity index (χ3n) is 2.45. The van der Waals surface area contributed by atoms with E-state index < -0.39 is 0 Å². The van der Waals surface area contributed by atoms with E-state index in [1.807, 2.05) is 6.07 Å². The lowest BCUT2D eigenvalue weighted by molar-refractivity contribution is 0.415. The van der Waals surface area contributed by atoms with Crippen LogP contribution in [0.5, 0.6) is 5.75 Å². The second-order valence-corrected chi connectivity index (χ2v) is 3.65. The quantitative estimate of drug-likeness (QED) is 0.851. The van der Waals surface area contributed by atoms with Crippen molar-refractivity contribution < 1.29 is 9.13 Å². The molecule has 1 N–H and O–H groups in total. The number of nitrogens with one attached hydrogen (secondary N) is 1. The van der Waals surface area contributed by atoms with E-state index in [0.29, 0.717) is 22.8 Å². The van der Waals surface area contributed by atoms with Crippen LogP contribution in [0.15, 0.2) is 30.6 Å². The number of nitriles is 1. The summed E-state index contributed by atoms with van der Waals surface area (Å²) in [5.74, 6) is 0.533. The number of rotatable bonds is 4. The zero-order valence-electron chi connectivity index (χ0n) is 10.2. The van der Waals surface area contributed by atoms with E-state index in [1.54, 1.807) is 18.5 Å². The fraction of sp³-hybridized carbons (Fsp3) is 0.154. The molecule has 0 bridgehead atoms. The van der Waals surface area contributed by atoms with Crippen LogP contribution in [-0.2, 0) is 0 Å². The minimum Gasteiger partial charge on any atom is -0.496 e. The highest BCUT2D eigenvalue weighted by Gasteiger charge is 2.08. The van der Waals surface area contributed by atoms with Gasteiger partial charge in [-0.1, -0.05) is 0 Å². The van der Waals surface area contributed by atoms with Gasteiger partial charge >= 0.3 is 0 Å². The molecule has 1 aromatic heterocycles. The number of hydrogen-bond acceptors (Lipinski definition) is 5. The van der Waals surface area contributed by atoms with E-state index in [0.717, 1.165) is 0 Å². The van der Waals surface area contributed by atoms with Gasteiger partial charge in [-0.15, -0.1) is 0 Å². The molecule has 0 aliphatic rings. The summed E-state index contributed by atoms with van der Waals surface area (Å²) in [4.78, 5) is 8.09. The van der Waals surface area contributed by atoms with Gasteiger partial charge in [0.2, 0.25) is 5.95 Å². The average molecular weight is 258 g/mol. The number of hydrogen-bond donors (Lipinski definition) is 1. The second-order valence-electron chi connectivity index (χ2n) is 3.65. The second kappa shape index (κ2) is 5.78. The molecule has 96 valence electrons. The zero-order chi connectivity index (χ0) is 13.7. The van der Waals surface area contributed by atoms with Crippen LogP contribution < -0.4 is 10.1 Å². The first kappa shape index (κ1) is 12.8. The molecule has 6 heteroatoms. The molecule has 0 saturated carbocycles. The number of halogens is 1. The normalized spacial score (nSPS) is 9.74. The molecule has 1 heterocycles. The van der Waals surface area contributed by atoms with E-state index in [4.69, 9.17) is 10.00 Å². The maximum atomic E-state index is 13.3. The number of aromatic nitrogens is 2. The van der Waals surface area contributed by atoms with Gasteiger partial charge in [0.05, 0.1) is 13.2 Å². The number of anilines is 1. The maximum absolute atomic E-state index is 13.3.